The van der Waals surface area contributed by atoms with Crippen LogP contribution in [0.15, 0.2) is 0 Å². The van der Waals surface area contributed by atoms with Gasteiger partial charge in [-0.25, -0.2) is 4.79 Å². The maximum absolute atomic E-state index is 12.5. The number of hydrogen-bond donors (Lipinski definition) is 2. The molecule has 0 aliphatic heterocycles. The average molecular weight is 341 g/mol. The van der Waals surface area contributed by atoms with E-state index in [1.54, 1.807) is 0 Å². The molecule has 1 unspecified atom stereocenters. The molecule has 6 heteroatoms. The van der Waals surface area contributed by atoms with Gasteiger partial charge in [-0.15, -0.1) is 0 Å². The molecule has 3 N–H and O–H groups in total. The largest absolute Gasteiger partial charge is 0.444 e. The zero-order chi connectivity index (χ0) is 18.5. The van der Waals surface area contributed by atoms with Crippen molar-refractivity contribution in [1.29, 1.82) is 0 Å². The van der Waals surface area contributed by atoms with Crippen molar-refractivity contribution in [1.82, 2.24) is 10.2 Å². The molecule has 0 aromatic carbocycles. The van der Waals surface area contributed by atoms with Crippen LogP contribution in [0.2, 0.25) is 0 Å². The van der Waals surface area contributed by atoms with Crippen molar-refractivity contribution in [3.63, 3.8) is 0 Å². The molecular weight excluding hydrogens is 306 g/mol. The molecule has 0 saturated heterocycles. The SMILES string of the molecule is CCN(C(=O)C(N)C(C)C)C1CCC(NC(=O)OC(C)(C)C)CC1. The van der Waals surface area contributed by atoms with E-state index in [0.717, 1.165) is 25.7 Å². The third-order valence-electron chi connectivity index (χ3n) is 4.49. The number of hydrogen-bond acceptors (Lipinski definition) is 4. The molecule has 1 atom stereocenters. The van der Waals surface area contributed by atoms with Crippen molar-refractivity contribution >= 4 is 12.0 Å². The molecule has 1 rings (SSSR count). The molecule has 1 aliphatic rings. The summed E-state index contributed by atoms with van der Waals surface area (Å²) >= 11 is 0. The minimum absolute atomic E-state index is 0.0380. The van der Waals surface area contributed by atoms with Crippen molar-refractivity contribution in [2.45, 2.75) is 91.0 Å². The van der Waals surface area contributed by atoms with Crippen molar-refractivity contribution in [2.24, 2.45) is 11.7 Å². The van der Waals surface area contributed by atoms with Crippen molar-refractivity contribution in [2.75, 3.05) is 6.54 Å². The van der Waals surface area contributed by atoms with Crippen LogP contribution in [0.1, 0.15) is 67.2 Å². The normalized spacial score (nSPS) is 22.8. The number of alkyl carbamates (subject to hydrolysis) is 1. The van der Waals surface area contributed by atoms with Gasteiger partial charge in [0.2, 0.25) is 5.91 Å². The molecule has 6 nitrogen and oxygen atoms in total. The molecule has 0 bridgehead atoms. The number of nitrogens with two attached hydrogens (primary N) is 1. The molecule has 0 heterocycles. The Morgan fingerprint density at radius 3 is 2.17 bits per heavy atom. The van der Waals surface area contributed by atoms with Crippen LogP contribution in [0, 0.1) is 5.92 Å². The molecule has 1 fully saturated rings. The summed E-state index contributed by atoms with van der Waals surface area (Å²) in [6, 6.07) is -0.116. The van der Waals surface area contributed by atoms with E-state index in [-0.39, 0.29) is 30.0 Å². The molecule has 140 valence electrons. The monoisotopic (exact) mass is 341 g/mol. The van der Waals surface area contributed by atoms with E-state index in [1.807, 2.05) is 46.4 Å². The zero-order valence-corrected chi connectivity index (χ0v) is 16.1. The highest BCUT2D eigenvalue weighted by molar-refractivity contribution is 5.82. The first-order valence-corrected chi connectivity index (χ1v) is 9.10. The van der Waals surface area contributed by atoms with Crippen LogP contribution in [0.5, 0.6) is 0 Å². The third kappa shape index (κ3) is 6.30. The Bertz CT molecular complexity index is 424. The van der Waals surface area contributed by atoms with Crippen LogP contribution in [-0.4, -0.2) is 47.2 Å². The number of amides is 2. The molecule has 24 heavy (non-hydrogen) atoms. The minimum atomic E-state index is -0.486. The number of rotatable bonds is 5. The van der Waals surface area contributed by atoms with Gasteiger partial charge in [0.15, 0.2) is 0 Å². The summed E-state index contributed by atoms with van der Waals surface area (Å²) in [5.74, 6) is 0.174. The summed E-state index contributed by atoms with van der Waals surface area (Å²) in [7, 11) is 0. The van der Waals surface area contributed by atoms with Gasteiger partial charge in [-0.1, -0.05) is 13.8 Å². The first-order valence-electron chi connectivity index (χ1n) is 9.10. The topological polar surface area (TPSA) is 84.7 Å². The van der Waals surface area contributed by atoms with Crippen molar-refractivity contribution in [3.8, 4) is 0 Å². The van der Waals surface area contributed by atoms with Crippen LogP contribution < -0.4 is 11.1 Å². The Kier molecular flexibility index (Phi) is 7.52. The molecular formula is C18H35N3O3. The fourth-order valence-corrected chi connectivity index (χ4v) is 3.08. The zero-order valence-electron chi connectivity index (χ0n) is 16.1. The predicted octanol–water partition coefficient (Wildman–Crippen LogP) is 2.65. The number of nitrogens with one attached hydrogen (secondary N) is 1. The van der Waals surface area contributed by atoms with Gasteiger partial charge in [-0.05, 0) is 59.3 Å². The fourth-order valence-electron chi connectivity index (χ4n) is 3.08. The van der Waals surface area contributed by atoms with E-state index in [1.165, 1.54) is 0 Å². The van der Waals surface area contributed by atoms with Gasteiger partial charge in [-0.2, -0.15) is 0 Å². The first kappa shape index (κ1) is 20.7. The van der Waals surface area contributed by atoms with Gasteiger partial charge in [-0.3, -0.25) is 4.79 Å². The molecule has 1 saturated carbocycles. The Morgan fingerprint density at radius 2 is 1.75 bits per heavy atom. The van der Waals surface area contributed by atoms with Gasteiger partial charge in [0, 0.05) is 18.6 Å². The van der Waals surface area contributed by atoms with E-state index in [4.69, 9.17) is 10.5 Å². The quantitative estimate of drug-likeness (QED) is 0.805. The summed E-state index contributed by atoms with van der Waals surface area (Å²) in [5, 5.41) is 2.93. The Balaban J connectivity index is 2.51. The van der Waals surface area contributed by atoms with Crippen molar-refractivity contribution < 1.29 is 14.3 Å². The predicted molar refractivity (Wildman–Crippen MR) is 95.6 cm³/mol. The van der Waals surface area contributed by atoms with Crippen LogP contribution in [0.25, 0.3) is 0 Å². The van der Waals surface area contributed by atoms with Gasteiger partial charge in [0.1, 0.15) is 5.60 Å². The van der Waals surface area contributed by atoms with Gasteiger partial charge in [0.25, 0.3) is 0 Å². The lowest BCUT2D eigenvalue weighted by molar-refractivity contribution is -0.136. The fraction of sp³-hybridized carbons (Fsp3) is 0.889. The lowest BCUT2D eigenvalue weighted by Gasteiger charge is -2.38. The third-order valence-corrected chi connectivity index (χ3v) is 4.49. The average Bonchev–Trinajstić information content (AvgIpc) is 2.46. The van der Waals surface area contributed by atoms with Crippen LogP contribution in [-0.2, 0) is 9.53 Å². The molecule has 0 aromatic rings. The second kappa shape index (κ2) is 8.70. The highest BCUT2D eigenvalue weighted by atomic mass is 16.6. The van der Waals surface area contributed by atoms with Gasteiger partial charge < -0.3 is 20.7 Å². The van der Waals surface area contributed by atoms with E-state index < -0.39 is 11.6 Å². The van der Waals surface area contributed by atoms with Gasteiger partial charge >= 0.3 is 6.09 Å². The van der Waals surface area contributed by atoms with E-state index in [2.05, 4.69) is 5.32 Å². The Morgan fingerprint density at radius 1 is 1.21 bits per heavy atom. The highest BCUT2D eigenvalue weighted by Gasteiger charge is 2.32. The molecule has 0 aromatic heterocycles. The maximum Gasteiger partial charge on any atom is 0.407 e. The Hall–Kier alpha value is -1.30. The van der Waals surface area contributed by atoms with E-state index in [0.29, 0.717) is 6.54 Å². The summed E-state index contributed by atoms with van der Waals surface area (Å²) in [4.78, 5) is 26.3. The van der Waals surface area contributed by atoms with Crippen LogP contribution in [0.4, 0.5) is 4.79 Å². The summed E-state index contributed by atoms with van der Waals surface area (Å²) < 4.78 is 5.30. The number of ether oxygens (including phenoxy) is 1. The number of carbonyl (C=O) groups excluding carboxylic acids is 2. The van der Waals surface area contributed by atoms with Gasteiger partial charge in [0.05, 0.1) is 6.04 Å². The summed E-state index contributed by atoms with van der Waals surface area (Å²) in [6.07, 6.45) is 3.10. The van der Waals surface area contributed by atoms with E-state index >= 15 is 0 Å². The van der Waals surface area contributed by atoms with Crippen molar-refractivity contribution in [3.05, 3.63) is 0 Å². The molecule has 1 aliphatic carbocycles. The smallest absolute Gasteiger partial charge is 0.407 e. The van der Waals surface area contributed by atoms with E-state index in [9.17, 15) is 9.59 Å². The number of carbonyl (C=O) groups is 2. The summed E-state index contributed by atoms with van der Waals surface area (Å²) in [6.45, 7) is 12.2. The number of likely N-dealkylation sites (N-methyl/N-ethyl adjacent to an activating group) is 1. The summed E-state index contributed by atoms with van der Waals surface area (Å²) in [5.41, 5.74) is 5.54. The molecule has 0 radical (unpaired) electrons. The standard InChI is InChI=1S/C18H35N3O3/c1-7-21(16(22)15(19)12(2)3)14-10-8-13(9-11-14)20-17(23)24-18(4,5)6/h12-15H,7-11,19H2,1-6H3,(H,20,23). The number of nitrogens with zero attached hydrogens (tertiary/aromatic N) is 1. The Labute approximate surface area is 146 Å². The maximum atomic E-state index is 12.5. The molecule has 2 amide bonds. The second-order valence-corrected chi connectivity index (χ2v) is 8.05. The van der Waals surface area contributed by atoms with Crippen LogP contribution in [0.3, 0.4) is 0 Å². The minimum Gasteiger partial charge on any atom is -0.444 e. The first-order chi connectivity index (χ1) is 11.0. The lowest BCUT2D eigenvalue weighted by atomic mass is 9.89. The highest BCUT2D eigenvalue weighted by Crippen LogP contribution is 2.24. The van der Waals surface area contributed by atoms with Crippen LogP contribution >= 0.6 is 0 Å². The molecule has 0 spiro atoms. The second-order valence-electron chi connectivity index (χ2n) is 8.05. The lowest BCUT2D eigenvalue weighted by Crippen LogP contribution is -2.52.